The Balaban J connectivity index is 2.61. The fourth-order valence-corrected chi connectivity index (χ4v) is 3.96. The highest BCUT2D eigenvalue weighted by atomic mass is 31.2. The molecule has 0 bridgehead atoms. The Morgan fingerprint density at radius 3 is 2.08 bits per heavy atom. The number of rotatable bonds is 3. The first kappa shape index (κ1) is 11.2. The Morgan fingerprint density at radius 1 is 1.38 bits per heavy atom. The molecule has 0 unspecified atom stereocenters. The van der Waals surface area contributed by atoms with Crippen LogP contribution in [0.15, 0.2) is 0 Å². The van der Waals surface area contributed by atoms with Gasteiger partial charge < -0.3 is 15.5 Å². The van der Waals surface area contributed by atoms with E-state index in [1.165, 1.54) is 0 Å². The third-order valence-electron chi connectivity index (χ3n) is 2.68. The largest absolute Gasteiger partial charge is 0.330 e. The van der Waals surface area contributed by atoms with E-state index in [4.69, 9.17) is 15.5 Å². The minimum atomic E-state index is -3.91. The van der Waals surface area contributed by atoms with Crippen molar-refractivity contribution in [3.8, 4) is 0 Å². The third-order valence-corrected chi connectivity index (χ3v) is 3.76. The highest BCUT2D eigenvalue weighted by Gasteiger charge is 2.50. The van der Waals surface area contributed by atoms with Gasteiger partial charge in [-0.15, -0.1) is 0 Å². The van der Waals surface area contributed by atoms with Crippen LogP contribution < -0.4 is 5.73 Å². The minimum Gasteiger partial charge on any atom is -0.330 e. The lowest BCUT2D eigenvalue weighted by molar-refractivity contribution is 0.0107. The van der Waals surface area contributed by atoms with Crippen LogP contribution in [0.25, 0.3) is 0 Å². The molecule has 0 aliphatic heterocycles. The first-order valence-corrected chi connectivity index (χ1v) is 6.23. The Morgan fingerprint density at radius 2 is 1.85 bits per heavy atom. The lowest BCUT2D eigenvalue weighted by Gasteiger charge is -2.53. The van der Waals surface area contributed by atoms with Crippen molar-refractivity contribution in [3.63, 3.8) is 0 Å². The van der Waals surface area contributed by atoms with Gasteiger partial charge in [0.15, 0.2) is 0 Å². The van der Waals surface area contributed by atoms with Crippen LogP contribution in [0.1, 0.15) is 26.7 Å². The molecule has 0 amide bonds. The molecule has 0 heterocycles. The van der Waals surface area contributed by atoms with Gasteiger partial charge in [0, 0.05) is 0 Å². The van der Waals surface area contributed by atoms with Crippen molar-refractivity contribution in [2.24, 2.45) is 16.6 Å². The molecular formula is C8H18NO3P. The van der Waals surface area contributed by atoms with E-state index in [1.807, 2.05) is 0 Å². The van der Waals surface area contributed by atoms with Crippen molar-refractivity contribution < 1.29 is 14.4 Å². The second-order valence-electron chi connectivity index (χ2n) is 5.04. The second-order valence-corrected chi connectivity index (χ2v) is 6.69. The van der Waals surface area contributed by atoms with Crippen LogP contribution in [-0.4, -0.2) is 22.5 Å². The summed E-state index contributed by atoms with van der Waals surface area (Å²) in [6, 6.07) is 0. The fraction of sp³-hybridized carbons (Fsp3) is 1.00. The molecule has 4 N–H and O–H groups in total. The van der Waals surface area contributed by atoms with Crippen molar-refractivity contribution in [1.29, 1.82) is 0 Å². The molecule has 0 aromatic rings. The predicted octanol–water partition coefficient (Wildman–Crippen LogP) is 0.929. The van der Waals surface area contributed by atoms with E-state index in [2.05, 4.69) is 13.8 Å². The van der Waals surface area contributed by atoms with Crippen molar-refractivity contribution in [2.45, 2.75) is 26.7 Å². The van der Waals surface area contributed by atoms with Crippen LogP contribution >= 0.6 is 7.60 Å². The maximum Gasteiger partial charge on any atom is 0.326 e. The molecule has 0 atom stereocenters. The third kappa shape index (κ3) is 2.78. The first-order valence-electron chi connectivity index (χ1n) is 4.43. The second kappa shape index (κ2) is 3.06. The Bertz CT molecular complexity index is 238. The van der Waals surface area contributed by atoms with E-state index in [1.54, 1.807) is 0 Å². The summed E-state index contributed by atoms with van der Waals surface area (Å²) in [6.45, 7) is 4.57. The molecule has 1 fully saturated rings. The van der Waals surface area contributed by atoms with Gasteiger partial charge >= 0.3 is 7.60 Å². The smallest absolute Gasteiger partial charge is 0.326 e. The molecule has 0 aromatic heterocycles. The average molecular weight is 207 g/mol. The summed E-state index contributed by atoms with van der Waals surface area (Å²) in [5, 5.41) is 0. The monoisotopic (exact) mass is 207 g/mol. The number of nitrogens with two attached hydrogens (primary N) is 1. The number of hydrogen-bond acceptors (Lipinski definition) is 2. The molecule has 1 saturated carbocycles. The van der Waals surface area contributed by atoms with Gasteiger partial charge in [0.25, 0.3) is 0 Å². The summed E-state index contributed by atoms with van der Waals surface area (Å²) in [6.07, 6.45) is 1.59. The molecule has 0 radical (unpaired) electrons. The zero-order valence-electron chi connectivity index (χ0n) is 8.16. The molecule has 4 nitrogen and oxygen atoms in total. The average Bonchev–Trinajstić information content (AvgIpc) is 1.79. The lowest BCUT2D eigenvalue weighted by atomic mass is 9.55. The summed E-state index contributed by atoms with van der Waals surface area (Å²) in [4.78, 5) is 17.8. The molecule has 13 heavy (non-hydrogen) atoms. The van der Waals surface area contributed by atoms with Gasteiger partial charge in [0.2, 0.25) is 0 Å². The topological polar surface area (TPSA) is 83.6 Å². The molecule has 1 aliphatic rings. The van der Waals surface area contributed by atoms with E-state index in [9.17, 15) is 4.57 Å². The van der Waals surface area contributed by atoms with Gasteiger partial charge in [0.05, 0.1) is 6.16 Å². The van der Waals surface area contributed by atoms with Gasteiger partial charge in [-0.3, -0.25) is 4.57 Å². The molecule has 1 rings (SSSR count). The molecule has 0 saturated heterocycles. The van der Waals surface area contributed by atoms with Crippen LogP contribution in [0.5, 0.6) is 0 Å². The molecule has 0 aromatic carbocycles. The summed E-state index contributed by atoms with van der Waals surface area (Å²) >= 11 is 0. The SMILES string of the molecule is CC1(C)CC(CN)(CP(=O)(O)O)C1. The zero-order chi connectivity index (χ0) is 10.3. The Labute approximate surface area is 78.7 Å². The van der Waals surface area contributed by atoms with Crippen LogP contribution in [-0.2, 0) is 4.57 Å². The summed E-state index contributed by atoms with van der Waals surface area (Å²) in [5.74, 6) is 0. The van der Waals surface area contributed by atoms with Gasteiger partial charge in [-0.25, -0.2) is 0 Å². The summed E-state index contributed by atoms with van der Waals surface area (Å²) in [5.41, 5.74) is 5.45. The van der Waals surface area contributed by atoms with Crippen molar-refractivity contribution in [1.82, 2.24) is 0 Å². The van der Waals surface area contributed by atoms with E-state index >= 15 is 0 Å². The van der Waals surface area contributed by atoms with E-state index in [0.717, 1.165) is 12.8 Å². The van der Waals surface area contributed by atoms with Crippen LogP contribution in [0.2, 0.25) is 0 Å². The normalized spacial score (nSPS) is 25.3. The van der Waals surface area contributed by atoms with Crippen molar-refractivity contribution in [2.75, 3.05) is 12.7 Å². The van der Waals surface area contributed by atoms with E-state index in [-0.39, 0.29) is 17.0 Å². The molecule has 5 heteroatoms. The molecular weight excluding hydrogens is 189 g/mol. The molecule has 1 aliphatic carbocycles. The maximum absolute atomic E-state index is 10.8. The predicted molar refractivity (Wildman–Crippen MR) is 51.4 cm³/mol. The zero-order valence-corrected chi connectivity index (χ0v) is 9.05. The van der Waals surface area contributed by atoms with Crippen molar-refractivity contribution >= 4 is 7.60 Å². The van der Waals surface area contributed by atoms with E-state index < -0.39 is 7.60 Å². The first-order chi connectivity index (χ1) is 5.68. The lowest BCUT2D eigenvalue weighted by Crippen LogP contribution is -2.50. The highest BCUT2D eigenvalue weighted by molar-refractivity contribution is 7.51. The summed E-state index contributed by atoms with van der Waals surface area (Å²) in [7, 11) is -3.91. The Hall–Kier alpha value is 0.110. The van der Waals surface area contributed by atoms with Gasteiger partial charge in [0.1, 0.15) is 0 Å². The van der Waals surface area contributed by atoms with Gasteiger partial charge in [-0.2, -0.15) is 0 Å². The maximum atomic E-state index is 10.8. The van der Waals surface area contributed by atoms with Crippen LogP contribution in [0.4, 0.5) is 0 Å². The standard InChI is InChI=1S/C8H18NO3P/c1-7(2)3-8(4-7,5-9)6-13(10,11)12/h3-6,9H2,1-2H3,(H2,10,11,12). The van der Waals surface area contributed by atoms with Crippen LogP contribution in [0.3, 0.4) is 0 Å². The minimum absolute atomic E-state index is 0.0556. The molecule has 0 spiro atoms. The van der Waals surface area contributed by atoms with E-state index in [0.29, 0.717) is 6.54 Å². The summed E-state index contributed by atoms with van der Waals surface area (Å²) < 4.78 is 10.8. The Kier molecular flexibility index (Phi) is 2.63. The van der Waals surface area contributed by atoms with Gasteiger partial charge in [-0.1, -0.05) is 13.8 Å². The molecule has 78 valence electrons. The fourth-order valence-electron chi connectivity index (χ4n) is 2.74. The van der Waals surface area contributed by atoms with Crippen molar-refractivity contribution in [3.05, 3.63) is 0 Å². The highest BCUT2D eigenvalue weighted by Crippen LogP contribution is 2.58. The van der Waals surface area contributed by atoms with Gasteiger partial charge in [-0.05, 0) is 30.2 Å². The number of hydrogen-bond donors (Lipinski definition) is 3. The quantitative estimate of drug-likeness (QED) is 0.601. The van der Waals surface area contributed by atoms with Crippen LogP contribution in [0, 0.1) is 10.8 Å².